The molecule has 1 aliphatic rings. The largest absolute Gasteiger partial charge is 0.481 e. The summed E-state index contributed by atoms with van der Waals surface area (Å²) in [4.78, 5) is 29.9. The third-order valence-electron chi connectivity index (χ3n) is 4.33. The summed E-state index contributed by atoms with van der Waals surface area (Å²) in [6, 6.07) is 0. The lowest BCUT2D eigenvalue weighted by Gasteiger charge is -2.40. The van der Waals surface area contributed by atoms with Crippen molar-refractivity contribution in [2.45, 2.75) is 32.1 Å². The molecule has 128 valence electrons. The number of aromatic nitrogens is 1. The first-order chi connectivity index (χ1) is 11.0. The summed E-state index contributed by atoms with van der Waals surface area (Å²) in [6.45, 7) is 1.25. The molecule has 1 amide bonds. The molecule has 0 saturated carbocycles. The molecular formula is C15H23N3O4S. The molecule has 0 radical (unpaired) electrons. The Morgan fingerprint density at radius 3 is 2.96 bits per heavy atom. The number of ether oxygens (including phenoxy) is 1. The summed E-state index contributed by atoms with van der Waals surface area (Å²) >= 11 is 1.35. The van der Waals surface area contributed by atoms with E-state index in [0.717, 1.165) is 5.69 Å². The summed E-state index contributed by atoms with van der Waals surface area (Å²) in [6.07, 6.45) is 2.55. The number of thiazole rings is 1. The number of hydrogen-bond donors (Lipinski definition) is 2. The van der Waals surface area contributed by atoms with Crippen molar-refractivity contribution in [3.8, 4) is 0 Å². The van der Waals surface area contributed by atoms with Gasteiger partial charge in [-0.05, 0) is 25.7 Å². The standard InChI is InChI=1S/C15H23N3O4S/c1-22-8-6-15(13(20)21)5-2-7-18(10-15)12(19)4-3-11-9-23-14(16)17-11/h9H,2-8,10H2,1H3,(H2,16,17)(H,20,21)/t15-/m1/s1. The van der Waals surface area contributed by atoms with Crippen LogP contribution in [0, 0.1) is 5.41 Å². The van der Waals surface area contributed by atoms with Crippen LogP contribution in [0.25, 0.3) is 0 Å². The lowest BCUT2D eigenvalue weighted by Crippen LogP contribution is -2.50. The maximum atomic E-state index is 12.4. The molecule has 1 fully saturated rings. The molecule has 0 spiro atoms. The number of nitrogens with two attached hydrogens (primary N) is 1. The van der Waals surface area contributed by atoms with Crippen LogP contribution in [-0.2, 0) is 20.7 Å². The van der Waals surface area contributed by atoms with Gasteiger partial charge >= 0.3 is 5.97 Å². The lowest BCUT2D eigenvalue weighted by molar-refractivity contribution is -0.156. The van der Waals surface area contributed by atoms with E-state index in [-0.39, 0.29) is 12.5 Å². The second-order valence-corrected chi connectivity index (χ2v) is 6.81. The lowest BCUT2D eigenvalue weighted by atomic mass is 9.77. The van der Waals surface area contributed by atoms with Gasteiger partial charge < -0.3 is 20.5 Å². The molecule has 23 heavy (non-hydrogen) atoms. The molecular weight excluding hydrogens is 318 g/mol. The van der Waals surface area contributed by atoms with Gasteiger partial charge in [-0.25, -0.2) is 4.98 Å². The van der Waals surface area contributed by atoms with Crippen molar-refractivity contribution in [3.05, 3.63) is 11.1 Å². The molecule has 1 atom stereocenters. The number of carboxylic acids is 1. The van der Waals surface area contributed by atoms with Crippen LogP contribution in [0.5, 0.6) is 0 Å². The molecule has 1 aromatic rings. The van der Waals surface area contributed by atoms with Gasteiger partial charge in [-0.3, -0.25) is 9.59 Å². The van der Waals surface area contributed by atoms with Crippen LogP contribution in [0.3, 0.4) is 0 Å². The molecule has 0 aliphatic carbocycles. The van der Waals surface area contributed by atoms with Gasteiger partial charge in [-0.2, -0.15) is 0 Å². The van der Waals surface area contributed by atoms with E-state index in [1.807, 2.05) is 5.38 Å². The minimum Gasteiger partial charge on any atom is -0.481 e. The first-order valence-corrected chi connectivity index (χ1v) is 8.55. The highest BCUT2D eigenvalue weighted by Gasteiger charge is 2.43. The SMILES string of the molecule is COCC[C@]1(C(=O)O)CCCN(C(=O)CCc2csc(N)n2)C1. The van der Waals surface area contributed by atoms with Crippen LogP contribution < -0.4 is 5.73 Å². The van der Waals surface area contributed by atoms with Crippen LogP contribution in [0.15, 0.2) is 5.38 Å². The van der Waals surface area contributed by atoms with Crippen molar-refractivity contribution in [2.75, 3.05) is 32.5 Å². The second-order valence-electron chi connectivity index (χ2n) is 5.92. The molecule has 0 bridgehead atoms. The van der Waals surface area contributed by atoms with Crippen molar-refractivity contribution in [3.63, 3.8) is 0 Å². The normalized spacial score (nSPS) is 21.3. The highest BCUT2D eigenvalue weighted by Crippen LogP contribution is 2.34. The number of carbonyl (C=O) groups is 2. The van der Waals surface area contributed by atoms with Crippen molar-refractivity contribution in [1.29, 1.82) is 0 Å². The highest BCUT2D eigenvalue weighted by molar-refractivity contribution is 7.13. The molecule has 2 rings (SSSR count). The van der Waals surface area contributed by atoms with Gasteiger partial charge in [-0.15, -0.1) is 11.3 Å². The maximum absolute atomic E-state index is 12.4. The Hall–Kier alpha value is -1.67. The number of methoxy groups -OCH3 is 1. The summed E-state index contributed by atoms with van der Waals surface area (Å²) < 4.78 is 5.04. The monoisotopic (exact) mass is 341 g/mol. The predicted molar refractivity (Wildman–Crippen MR) is 87.2 cm³/mol. The Morgan fingerprint density at radius 2 is 2.35 bits per heavy atom. The van der Waals surface area contributed by atoms with Crippen LogP contribution in [0.4, 0.5) is 5.13 Å². The molecule has 2 heterocycles. The fourth-order valence-corrected chi connectivity index (χ4v) is 3.56. The van der Waals surface area contributed by atoms with Crippen molar-refractivity contribution < 1.29 is 19.4 Å². The average Bonchev–Trinajstić information content (AvgIpc) is 2.96. The van der Waals surface area contributed by atoms with Gasteiger partial charge in [-0.1, -0.05) is 0 Å². The summed E-state index contributed by atoms with van der Waals surface area (Å²) in [5, 5.41) is 12.0. The zero-order valence-corrected chi connectivity index (χ0v) is 14.1. The molecule has 0 aromatic carbocycles. The first kappa shape index (κ1) is 17.7. The number of aryl methyl sites for hydroxylation is 1. The molecule has 1 saturated heterocycles. The molecule has 8 heteroatoms. The number of piperidine rings is 1. The number of hydrogen-bond acceptors (Lipinski definition) is 6. The van der Waals surface area contributed by atoms with E-state index in [0.29, 0.717) is 50.4 Å². The van der Waals surface area contributed by atoms with E-state index in [1.54, 1.807) is 12.0 Å². The highest BCUT2D eigenvalue weighted by atomic mass is 32.1. The second kappa shape index (κ2) is 7.74. The minimum atomic E-state index is -0.894. The van der Waals surface area contributed by atoms with Crippen molar-refractivity contribution in [1.82, 2.24) is 9.88 Å². The molecule has 1 aromatic heterocycles. The fraction of sp³-hybridized carbons (Fsp3) is 0.667. The van der Waals surface area contributed by atoms with Gasteiger partial charge in [0.1, 0.15) is 0 Å². The number of nitrogens with zero attached hydrogens (tertiary/aromatic N) is 2. The predicted octanol–water partition coefficient (Wildman–Crippen LogP) is 1.39. The Morgan fingerprint density at radius 1 is 1.57 bits per heavy atom. The van der Waals surface area contributed by atoms with E-state index < -0.39 is 11.4 Å². The van der Waals surface area contributed by atoms with E-state index >= 15 is 0 Å². The van der Waals surface area contributed by atoms with E-state index in [9.17, 15) is 14.7 Å². The number of amides is 1. The van der Waals surface area contributed by atoms with E-state index in [1.165, 1.54) is 11.3 Å². The number of anilines is 1. The van der Waals surface area contributed by atoms with E-state index in [4.69, 9.17) is 10.5 Å². The topological polar surface area (TPSA) is 106 Å². The number of nitrogen functional groups attached to an aromatic ring is 1. The average molecular weight is 341 g/mol. The number of rotatable bonds is 7. The number of carbonyl (C=O) groups excluding carboxylic acids is 1. The van der Waals surface area contributed by atoms with Gasteiger partial charge in [0.05, 0.1) is 11.1 Å². The molecule has 1 aliphatic heterocycles. The van der Waals surface area contributed by atoms with Crippen LogP contribution in [0.2, 0.25) is 0 Å². The minimum absolute atomic E-state index is 0.0284. The molecule has 3 N–H and O–H groups in total. The van der Waals surface area contributed by atoms with Gasteiger partial charge in [0.25, 0.3) is 0 Å². The van der Waals surface area contributed by atoms with Crippen LogP contribution >= 0.6 is 11.3 Å². The molecule has 7 nitrogen and oxygen atoms in total. The Balaban J connectivity index is 1.95. The Kier molecular flexibility index (Phi) is 5.95. The van der Waals surface area contributed by atoms with Crippen molar-refractivity contribution >= 4 is 28.3 Å². The fourth-order valence-electron chi connectivity index (χ4n) is 2.96. The first-order valence-electron chi connectivity index (χ1n) is 7.67. The smallest absolute Gasteiger partial charge is 0.311 e. The van der Waals surface area contributed by atoms with Crippen molar-refractivity contribution in [2.24, 2.45) is 5.41 Å². The summed E-state index contributed by atoms with van der Waals surface area (Å²) in [5.74, 6) is -0.876. The number of aliphatic carboxylic acids is 1. The van der Waals surface area contributed by atoms with Crippen LogP contribution in [-0.4, -0.2) is 53.7 Å². The third-order valence-corrected chi connectivity index (χ3v) is 5.06. The van der Waals surface area contributed by atoms with Gasteiger partial charge in [0.2, 0.25) is 5.91 Å². The number of carboxylic acid groups (broad SMARTS) is 1. The quantitative estimate of drug-likeness (QED) is 0.776. The maximum Gasteiger partial charge on any atom is 0.311 e. The zero-order valence-electron chi connectivity index (χ0n) is 13.3. The van der Waals surface area contributed by atoms with Gasteiger partial charge in [0, 0.05) is 38.6 Å². The third kappa shape index (κ3) is 4.42. The number of likely N-dealkylation sites (tertiary alicyclic amines) is 1. The molecule has 0 unspecified atom stereocenters. The Labute approximate surface area is 139 Å². The summed E-state index contributed by atoms with van der Waals surface area (Å²) in [7, 11) is 1.56. The zero-order chi connectivity index (χ0) is 16.9. The Bertz CT molecular complexity index is 563. The van der Waals surface area contributed by atoms with Crippen LogP contribution in [0.1, 0.15) is 31.4 Å². The van der Waals surface area contributed by atoms with Gasteiger partial charge in [0.15, 0.2) is 5.13 Å². The van der Waals surface area contributed by atoms with E-state index in [2.05, 4.69) is 4.98 Å². The summed E-state index contributed by atoms with van der Waals surface area (Å²) in [5.41, 5.74) is 5.49.